The van der Waals surface area contributed by atoms with Crippen LogP contribution in [0.5, 0.6) is 0 Å². The van der Waals surface area contributed by atoms with Gasteiger partial charge in [-0.3, -0.25) is 4.79 Å². The molecule has 1 amide bonds. The molecular formula is C14H17Cl2NO2. The van der Waals surface area contributed by atoms with Crippen molar-refractivity contribution < 1.29 is 9.90 Å². The Morgan fingerprint density at radius 2 is 2.00 bits per heavy atom. The zero-order valence-electron chi connectivity index (χ0n) is 10.8. The van der Waals surface area contributed by atoms with Gasteiger partial charge < -0.3 is 10.0 Å². The second kappa shape index (κ2) is 6.12. The fraction of sp³-hybridized carbons (Fsp3) is 0.500. The standard InChI is InChI=1S/C14H17Cl2NO2/c1-9-3-2-4-17(13(9)8-18)14(19)10-5-11(15)7-12(16)6-10/h5-7,9,13,18H,2-4,8H2,1H3. The first-order valence-electron chi connectivity index (χ1n) is 6.41. The summed E-state index contributed by atoms with van der Waals surface area (Å²) < 4.78 is 0. The van der Waals surface area contributed by atoms with Gasteiger partial charge in [-0.15, -0.1) is 0 Å². The lowest BCUT2D eigenvalue weighted by Gasteiger charge is -2.39. The molecule has 5 heteroatoms. The molecule has 1 aliphatic rings. The number of carbonyl (C=O) groups is 1. The second-order valence-corrected chi connectivity index (χ2v) is 5.90. The van der Waals surface area contributed by atoms with Gasteiger partial charge in [-0.05, 0) is 37.0 Å². The molecule has 1 N–H and O–H groups in total. The number of halogens is 2. The molecule has 0 aromatic heterocycles. The molecule has 104 valence electrons. The number of rotatable bonds is 2. The fourth-order valence-electron chi connectivity index (χ4n) is 2.62. The molecule has 1 fully saturated rings. The third-order valence-electron chi connectivity index (χ3n) is 3.67. The zero-order valence-corrected chi connectivity index (χ0v) is 12.3. The van der Waals surface area contributed by atoms with Crippen LogP contribution in [0.1, 0.15) is 30.1 Å². The van der Waals surface area contributed by atoms with Crippen LogP contribution >= 0.6 is 23.2 Å². The Hall–Kier alpha value is -0.770. The first kappa shape index (κ1) is 14.6. The van der Waals surface area contributed by atoms with Gasteiger partial charge in [0.15, 0.2) is 0 Å². The first-order chi connectivity index (χ1) is 9.02. The Kier molecular flexibility index (Phi) is 4.71. The van der Waals surface area contributed by atoms with Crippen LogP contribution < -0.4 is 0 Å². The Bertz CT molecular complexity index is 458. The summed E-state index contributed by atoms with van der Waals surface area (Å²) in [5.41, 5.74) is 0.477. The van der Waals surface area contributed by atoms with Crippen LogP contribution in [-0.2, 0) is 0 Å². The maximum Gasteiger partial charge on any atom is 0.254 e. The molecule has 1 saturated heterocycles. The number of benzene rings is 1. The molecule has 1 aromatic rings. The summed E-state index contributed by atoms with van der Waals surface area (Å²) in [5, 5.41) is 10.4. The quantitative estimate of drug-likeness (QED) is 0.911. The van der Waals surface area contributed by atoms with Crippen molar-refractivity contribution in [3.05, 3.63) is 33.8 Å². The van der Waals surface area contributed by atoms with E-state index < -0.39 is 0 Å². The predicted molar refractivity (Wildman–Crippen MR) is 76.8 cm³/mol. The minimum atomic E-state index is -0.126. The molecular weight excluding hydrogens is 285 g/mol. The SMILES string of the molecule is CC1CCCN(C(=O)c2cc(Cl)cc(Cl)c2)C1CO. The monoisotopic (exact) mass is 301 g/mol. The second-order valence-electron chi connectivity index (χ2n) is 5.03. The van der Waals surface area contributed by atoms with Gasteiger partial charge in [-0.2, -0.15) is 0 Å². The average Bonchev–Trinajstić information content (AvgIpc) is 2.36. The maximum atomic E-state index is 12.5. The highest BCUT2D eigenvalue weighted by Gasteiger charge is 2.31. The number of likely N-dealkylation sites (tertiary alicyclic amines) is 1. The number of nitrogens with zero attached hydrogens (tertiary/aromatic N) is 1. The van der Waals surface area contributed by atoms with Crippen LogP contribution in [0.2, 0.25) is 10.0 Å². The summed E-state index contributed by atoms with van der Waals surface area (Å²) in [5.74, 6) is 0.187. The van der Waals surface area contributed by atoms with Gasteiger partial charge in [0.1, 0.15) is 0 Å². The van der Waals surface area contributed by atoms with Crippen molar-refractivity contribution in [2.75, 3.05) is 13.2 Å². The molecule has 2 rings (SSSR count). The number of piperidine rings is 1. The van der Waals surface area contributed by atoms with E-state index >= 15 is 0 Å². The summed E-state index contributed by atoms with van der Waals surface area (Å²) in [4.78, 5) is 14.2. The Morgan fingerprint density at radius 3 is 2.58 bits per heavy atom. The minimum Gasteiger partial charge on any atom is -0.394 e. The third kappa shape index (κ3) is 3.22. The van der Waals surface area contributed by atoms with Gasteiger partial charge in [-0.25, -0.2) is 0 Å². The number of hydrogen-bond acceptors (Lipinski definition) is 2. The molecule has 1 heterocycles. The topological polar surface area (TPSA) is 40.5 Å². The Labute approximate surface area is 123 Å². The van der Waals surface area contributed by atoms with Gasteiger partial charge in [0.25, 0.3) is 5.91 Å². The van der Waals surface area contributed by atoms with E-state index in [9.17, 15) is 9.90 Å². The van der Waals surface area contributed by atoms with Gasteiger partial charge >= 0.3 is 0 Å². The summed E-state index contributed by atoms with van der Waals surface area (Å²) in [6.07, 6.45) is 1.99. The molecule has 2 atom stereocenters. The van der Waals surface area contributed by atoms with Gasteiger partial charge in [-0.1, -0.05) is 30.1 Å². The fourth-order valence-corrected chi connectivity index (χ4v) is 3.15. The highest BCUT2D eigenvalue weighted by molar-refractivity contribution is 6.35. The molecule has 1 aliphatic heterocycles. The van der Waals surface area contributed by atoms with Crippen LogP contribution in [0.25, 0.3) is 0 Å². The first-order valence-corrected chi connectivity index (χ1v) is 7.16. The van der Waals surface area contributed by atoms with Crippen LogP contribution in [0.4, 0.5) is 0 Å². The molecule has 0 saturated carbocycles. The highest BCUT2D eigenvalue weighted by atomic mass is 35.5. The lowest BCUT2D eigenvalue weighted by molar-refractivity contribution is 0.0358. The van der Waals surface area contributed by atoms with Crippen molar-refractivity contribution in [1.82, 2.24) is 4.90 Å². The number of carbonyl (C=O) groups excluding carboxylic acids is 1. The van der Waals surface area contributed by atoms with Gasteiger partial charge in [0.05, 0.1) is 12.6 Å². The van der Waals surface area contributed by atoms with Crippen molar-refractivity contribution in [3.63, 3.8) is 0 Å². The Balaban J connectivity index is 2.26. The number of aliphatic hydroxyl groups is 1. The van der Waals surface area contributed by atoms with Crippen LogP contribution in [0.3, 0.4) is 0 Å². The van der Waals surface area contributed by atoms with Crippen LogP contribution in [0.15, 0.2) is 18.2 Å². The van der Waals surface area contributed by atoms with Crippen molar-refractivity contribution in [2.45, 2.75) is 25.8 Å². The van der Waals surface area contributed by atoms with E-state index in [0.717, 1.165) is 12.8 Å². The number of amides is 1. The summed E-state index contributed by atoms with van der Waals surface area (Å²) >= 11 is 11.9. The largest absolute Gasteiger partial charge is 0.394 e. The number of aliphatic hydroxyl groups excluding tert-OH is 1. The Morgan fingerprint density at radius 1 is 1.37 bits per heavy atom. The highest BCUT2D eigenvalue weighted by Crippen LogP contribution is 2.26. The molecule has 1 aromatic carbocycles. The molecule has 0 aliphatic carbocycles. The minimum absolute atomic E-state index is 0.0127. The normalized spacial score (nSPS) is 23.5. The molecule has 2 unspecified atom stereocenters. The van der Waals surface area contributed by atoms with Crippen molar-refractivity contribution in [3.8, 4) is 0 Å². The molecule has 19 heavy (non-hydrogen) atoms. The van der Waals surface area contributed by atoms with Gasteiger partial charge in [0, 0.05) is 22.2 Å². The van der Waals surface area contributed by atoms with Crippen LogP contribution in [0, 0.1) is 5.92 Å². The smallest absolute Gasteiger partial charge is 0.254 e. The summed E-state index contributed by atoms with van der Waals surface area (Å²) in [6.45, 7) is 2.71. The van der Waals surface area contributed by atoms with E-state index in [1.807, 2.05) is 0 Å². The van der Waals surface area contributed by atoms with E-state index in [-0.39, 0.29) is 18.6 Å². The summed E-state index contributed by atoms with van der Waals surface area (Å²) in [7, 11) is 0. The van der Waals surface area contributed by atoms with Gasteiger partial charge in [0.2, 0.25) is 0 Å². The zero-order chi connectivity index (χ0) is 14.0. The maximum absolute atomic E-state index is 12.5. The van der Waals surface area contributed by atoms with E-state index in [4.69, 9.17) is 23.2 Å². The van der Waals surface area contributed by atoms with E-state index in [1.165, 1.54) is 0 Å². The lowest BCUT2D eigenvalue weighted by atomic mass is 9.90. The van der Waals surface area contributed by atoms with E-state index in [2.05, 4.69) is 6.92 Å². The van der Waals surface area contributed by atoms with Crippen molar-refractivity contribution in [1.29, 1.82) is 0 Å². The number of hydrogen-bond donors (Lipinski definition) is 1. The molecule has 0 radical (unpaired) electrons. The van der Waals surface area contributed by atoms with Crippen molar-refractivity contribution >= 4 is 29.1 Å². The third-order valence-corrected chi connectivity index (χ3v) is 4.11. The van der Waals surface area contributed by atoms with Crippen LogP contribution in [-0.4, -0.2) is 35.1 Å². The van der Waals surface area contributed by atoms with Crippen molar-refractivity contribution in [2.24, 2.45) is 5.92 Å². The van der Waals surface area contributed by atoms with E-state index in [1.54, 1.807) is 23.1 Å². The molecule has 0 bridgehead atoms. The van der Waals surface area contributed by atoms with E-state index in [0.29, 0.717) is 28.1 Å². The average molecular weight is 302 g/mol. The summed E-state index contributed by atoms with van der Waals surface area (Å²) in [6, 6.07) is 4.70. The predicted octanol–water partition coefficient (Wildman–Crippen LogP) is 3.23. The molecule has 3 nitrogen and oxygen atoms in total. The molecule has 0 spiro atoms. The lowest BCUT2D eigenvalue weighted by Crippen LogP contribution is -2.49.